The van der Waals surface area contributed by atoms with Gasteiger partial charge in [0.15, 0.2) is 0 Å². The van der Waals surface area contributed by atoms with Crippen LogP contribution in [0, 0.1) is 0 Å². The monoisotopic (exact) mass is 486 g/mol. The van der Waals surface area contributed by atoms with E-state index in [2.05, 4.69) is 5.10 Å². The van der Waals surface area contributed by atoms with Crippen molar-refractivity contribution in [2.24, 2.45) is 0 Å². The van der Waals surface area contributed by atoms with Gasteiger partial charge in [0.1, 0.15) is 0 Å². The summed E-state index contributed by atoms with van der Waals surface area (Å²) in [6.07, 6.45) is -4.02. The fourth-order valence-electron chi connectivity index (χ4n) is 3.60. The maximum absolute atomic E-state index is 13.1. The molecule has 1 heterocycles. The summed E-state index contributed by atoms with van der Waals surface area (Å²) in [5.41, 5.74) is 0.989. The minimum atomic E-state index is -4.49. The molecule has 1 unspecified atom stereocenters. The Labute approximate surface area is 195 Å². The van der Waals surface area contributed by atoms with E-state index in [1.165, 1.54) is 23.5 Å². The number of hydrogen-bond donors (Lipinski definition) is 0. The summed E-state index contributed by atoms with van der Waals surface area (Å²) >= 11 is -2.32. The van der Waals surface area contributed by atoms with Gasteiger partial charge in [-0.3, -0.25) is 9.00 Å². The second kappa shape index (κ2) is 9.49. The van der Waals surface area contributed by atoms with E-state index in [1.807, 2.05) is 24.3 Å². The highest BCUT2D eigenvalue weighted by atomic mass is 32.2. The van der Waals surface area contributed by atoms with Gasteiger partial charge in [-0.25, -0.2) is 4.31 Å². The number of rotatable bonds is 6. The van der Waals surface area contributed by atoms with Crippen molar-refractivity contribution in [2.45, 2.75) is 12.6 Å². The van der Waals surface area contributed by atoms with Crippen LogP contribution in [0.3, 0.4) is 0 Å². The highest BCUT2D eigenvalue weighted by Gasteiger charge is 2.30. The molecule has 6 nitrogen and oxygen atoms in total. The Morgan fingerprint density at radius 1 is 1.00 bits per heavy atom. The van der Waals surface area contributed by atoms with E-state index < -0.39 is 28.6 Å². The number of halogens is 3. The zero-order chi connectivity index (χ0) is 24.5. The van der Waals surface area contributed by atoms with Crippen molar-refractivity contribution >= 4 is 22.0 Å². The van der Waals surface area contributed by atoms with Crippen molar-refractivity contribution in [3.05, 3.63) is 94.3 Å². The highest BCUT2D eigenvalue weighted by Crippen LogP contribution is 2.30. The van der Waals surface area contributed by atoms with Crippen molar-refractivity contribution < 1.29 is 21.9 Å². The van der Waals surface area contributed by atoms with E-state index in [9.17, 15) is 26.7 Å². The normalized spacial score (nSPS) is 12.9. The van der Waals surface area contributed by atoms with E-state index in [0.29, 0.717) is 35.0 Å². The first-order valence-electron chi connectivity index (χ1n) is 10.2. The Morgan fingerprint density at radius 2 is 1.68 bits per heavy atom. The summed E-state index contributed by atoms with van der Waals surface area (Å²) in [4.78, 5) is 13.1. The van der Waals surface area contributed by atoms with Crippen LogP contribution in [0.4, 0.5) is 13.2 Å². The third-order valence-electron chi connectivity index (χ3n) is 5.41. The summed E-state index contributed by atoms with van der Waals surface area (Å²) < 4.78 is 63.3. The number of fused-ring (bicyclic) bond motifs is 1. The van der Waals surface area contributed by atoms with Crippen LogP contribution in [-0.2, 0) is 23.9 Å². The molecule has 0 aliphatic carbocycles. The van der Waals surface area contributed by atoms with Gasteiger partial charge in [0.2, 0.25) is 0 Å². The van der Waals surface area contributed by atoms with Gasteiger partial charge in [-0.1, -0.05) is 36.4 Å². The van der Waals surface area contributed by atoms with Gasteiger partial charge in [0.05, 0.1) is 22.3 Å². The van der Waals surface area contributed by atoms with Gasteiger partial charge in [-0.2, -0.15) is 23.0 Å². The molecule has 0 aliphatic heterocycles. The largest absolute Gasteiger partial charge is 0.760 e. The van der Waals surface area contributed by atoms with Gasteiger partial charge in [-0.15, -0.1) is 0 Å². The average molecular weight is 486 g/mol. The van der Waals surface area contributed by atoms with Crippen LogP contribution in [0.5, 0.6) is 0 Å². The third kappa shape index (κ3) is 4.93. The molecule has 0 amide bonds. The molecule has 0 N–H and O–H groups in total. The Balaban J connectivity index is 1.81. The lowest BCUT2D eigenvalue weighted by Crippen LogP contribution is -2.23. The van der Waals surface area contributed by atoms with Crippen LogP contribution in [0.15, 0.2) is 77.6 Å². The number of alkyl halides is 3. The van der Waals surface area contributed by atoms with Gasteiger partial charge >= 0.3 is 6.18 Å². The first kappa shape index (κ1) is 23.8. The molecule has 0 aliphatic rings. The van der Waals surface area contributed by atoms with Crippen LogP contribution in [0.1, 0.15) is 11.1 Å². The molecular weight excluding hydrogens is 467 g/mol. The Hall–Kier alpha value is -3.34. The lowest BCUT2D eigenvalue weighted by Gasteiger charge is -2.18. The number of nitrogens with zero attached hydrogens (tertiary/aromatic N) is 3. The van der Waals surface area contributed by atoms with Crippen LogP contribution in [-0.4, -0.2) is 36.4 Å². The highest BCUT2D eigenvalue weighted by molar-refractivity contribution is 7.76. The fraction of sp³-hybridized carbons (Fsp3) is 0.167. The molecule has 1 aromatic heterocycles. The van der Waals surface area contributed by atoms with Gasteiger partial charge in [0, 0.05) is 28.8 Å². The number of likely N-dealkylation sites (N-methyl/N-ethyl adjacent to an activating group) is 1. The van der Waals surface area contributed by atoms with E-state index in [-0.39, 0.29) is 5.69 Å². The molecule has 0 radical (unpaired) electrons. The molecule has 0 saturated heterocycles. The zero-order valence-corrected chi connectivity index (χ0v) is 18.8. The smallest absolute Gasteiger partial charge is 0.416 e. The van der Waals surface area contributed by atoms with Crippen LogP contribution in [0.2, 0.25) is 0 Å². The van der Waals surface area contributed by atoms with E-state index in [0.717, 1.165) is 22.4 Å². The summed E-state index contributed by atoms with van der Waals surface area (Å²) in [6, 6.07) is 18.5. The molecule has 0 saturated carbocycles. The van der Waals surface area contributed by atoms with E-state index in [1.54, 1.807) is 24.3 Å². The molecule has 4 aromatic rings. The number of aromatic nitrogens is 2. The Kier molecular flexibility index (Phi) is 6.65. The molecule has 0 spiro atoms. The van der Waals surface area contributed by atoms with Gasteiger partial charge in [0.25, 0.3) is 5.56 Å². The van der Waals surface area contributed by atoms with Crippen LogP contribution >= 0.6 is 0 Å². The maximum atomic E-state index is 13.1. The maximum Gasteiger partial charge on any atom is 0.416 e. The summed E-state index contributed by atoms with van der Waals surface area (Å²) in [7, 11) is 1.47. The fourth-order valence-corrected chi connectivity index (χ4v) is 3.84. The molecular formula is C24H19F3N3O3S-. The molecule has 10 heteroatoms. The van der Waals surface area contributed by atoms with Gasteiger partial charge in [-0.05, 0) is 55.4 Å². The zero-order valence-electron chi connectivity index (χ0n) is 18.0. The molecule has 1 atom stereocenters. The SMILES string of the molecule is CN(CCc1cccc(-c2nn(-c3ccc(C(F)(F)F)cc3)c(=O)c3ccccc23)c1)S(=O)[O-]. The van der Waals surface area contributed by atoms with Crippen LogP contribution in [0.25, 0.3) is 27.7 Å². The molecule has 176 valence electrons. The van der Waals surface area contributed by atoms with Gasteiger partial charge < -0.3 is 4.55 Å². The lowest BCUT2D eigenvalue weighted by atomic mass is 10.0. The molecule has 0 bridgehead atoms. The lowest BCUT2D eigenvalue weighted by molar-refractivity contribution is -0.137. The summed E-state index contributed by atoms with van der Waals surface area (Å²) in [6.45, 7) is 0.290. The minimum Gasteiger partial charge on any atom is -0.760 e. The minimum absolute atomic E-state index is 0.209. The van der Waals surface area contributed by atoms with Crippen molar-refractivity contribution in [3.63, 3.8) is 0 Å². The summed E-state index contributed by atoms with van der Waals surface area (Å²) in [5.74, 6) is 0. The Bertz CT molecular complexity index is 1420. The first-order chi connectivity index (χ1) is 16.1. The second-order valence-corrected chi connectivity index (χ2v) is 8.73. The molecule has 4 rings (SSSR count). The van der Waals surface area contributed by atoms with Crippen molar-refractivity contribution in [3.8, 4) is 16.9 Å². The topological polar surface area (TPSA) is 78.3 Å². The standard InChI is InChI=1S/C24H20F3N3O3S/c1-29(34(32)33)14-13-16-5-4-6-17(15-16)22-20-7-2-3-8-21(20)23(31)30(28-22)19-11-9-18(10-12-19)24(25,26)27/h2-12,15H,13-14H2,1H3,(H,32,33)/p-1. The first-order valence-corrected chi connectivity index (χ1v) is 11.3. The quantitative estimate of drug-likeness (QED) is 0.380. The molecule has 34 heavy (non-hydrogen) atoms. The summed E-state index contributed by atoms with van der Waals surface area (Å²) in [5, 5.41) is 5.49. The van der Waals surface area contributed by atoms with Crippen molar-refractivity contribution in [1.82, 2.24) is 14.1 Å². The predicted molar refractivity (Wildman–Crippen MR) is 123 cm³/mol. The Morgan fingerprint density at radius 3 is 2.32 bits per heavy atom. The molecule has 0 fully saturated rings. The second-order valence-electron chi connectivity index (χ2n) is 7.67. The number of benzene rings is 3. The van der Waals surface area contributed by atoms with Crippen molar-refractivity contribution in [2.75, 3.05) is 13.6 Å². The average Bonchev–Trinajstić information content (AvgIpc) is 2.82. The van der Waals surface area contributed by atoms with Crippen LogP contribution < -0.4 is 5.56 Å². The molecule has 3 aromatic carbocycles. The van der Waals surface area contributed by atoms with E-state index >= 15 is 0 Å². The predicted octanol–water partition coefficient (Wildman–Crippen LogP) is 4.34. The van der Waals surface area contributed by atoms with E-state index in [4.69, 9.17) is 0 Å². The van der Waals surface area contributed by atoms with Crippen molar-refractivity contribution in [1.29, 1.82) is 0 Å². The third-order valence-corrected chi connectivity index (χ3v) is 6.11. The number of hydrogen-bond acceptors (Lipinski definition) is 4.